The zero-order valence-electron chi connectivity index (χ0n) is 8.58. The maximum Gasteiger partial charge on any atom is 0.240 e. The Balaban J connectivity index is 2.09. The molecule has 0 saturated heterocycles. The van der Waals surface area contributed by atoms with Gasteiger partial charge in [-0.15, -0.1) is 0 Å². The molecule has 2 aromatic carbocycles. The fourth-order valence-corrected chi connectivity index (χ4v) is 3.36. The van der Waals surface area contributed by atoms with Crippen molar-refractivity contribution in [1.82, 2.24) is 0 Å². The molecule has 1 aliphatic rings. The second-order valence-electron chi connectivity index (χ2n) is 3.74. The lowest BCUT2D eigenvalue weighted by Crippen LogP contribution is -1.93. The maximum atomic E-state index is 10.0. The molecule has 1 heterocycles. The number of para-hydroxylation sites is 1. The lowest BCUT2D eigenvalue weighted by Gasteiger charge is -2.12. The largest absolute Gasteiger partial charge is 0.446 e. The first-order valence-electron chi connectivity index (χ1n) is 5.16. The van der Waals surface area contributed by atoms with Crippen molar-refractivity contribution in [3.8, 4) is 5.75 Å². The molecule has 2 nitrogen and oxygen atoms in total. The fourth-order valence-electron chi connectivity index (χ4n) is 2.00. The third-order valence-electron chi connectivity index (χ3n) is 2.74. The Hall–Kier alpha value is -1.37. The molecule has 0 saturated carbocycles. The molecule has 0 fully saturated rings. The Bertz CT molecular complexity index is 498. The smallest absolute Gasteiger partial charge is 0.240 e. The first kappa shape index (κ1) is 9.83. The van der Waals surface area contributed by atoms with E-state index < -0.39 is 8.38 Å². The Kier molecular flexibility index (Phi) is 2.39. The van der Waals surface area contributed by atoms with E-state index in [4.69, 9.17) is 4.52 Å². The molecule has 2 atom stereocenters. The average Bonchev–Trinajstić information content (AvgIpc) is 2.66. The van der Waals surface area contributed by atoms with E-state index >= 15 is 0 Å². The Morgan fingerprint density at radius 1 is 0.938 bits per heavy atom. The van der Waals surface area contributed by atoms with Gasteiger partial charge < -0.3 is 9.42 Å². The van der Waals surface area contributed by atoms with Gasteiger partial charge in [-0.05, 0) is 11.6 Å². The molecule has 0 radical (unpaired) electrons. The first-order chi connectivity index (χ1) is 7.86. The first-order valence-corrected chi connectivity index (χ1v) is 6.44. The van der Waals surface area contributed by atoms with Crippen LogP contribution in [-0.4, -0.2) is 4.89 Å². The van der Waals surface area contributed by atoms with Crippen molar-refractivity contribution in [3.63, 3.8) is 0 Å². The molecule has 0 aromatic heterocycles. The normalized spacial score (nSPS) is 22.6. The number of hydrogen-bond donors (Lipinski definition) is 1. The van der Waals surface area contributed by atoms with Crippen molar-refractivity contribution >= 4 is 8.38 Å². The molecule has 1 aliphatic heterocycles. The summed E-state index contributed by atoms with van der Waals surface area (Å²) in [6.07, 6.45) is 0. The van der Waals surface area contributed by atoms with Crippen LogP contribution < -0.4 is 4.52 Å². The van der Waals surface area contributed by atoms with Gasteiger partial charge in [-0.2, -0.15) is 0 Å². The molecule has 0 bridgehead atoms. The topological polar surface area (TPSA) is 29.5 Å². The van der Waals surface area contributed by atoms with Crippen molar-refractivity contribution in [1.29, 1.82) is 0 Å². The molecule has 1 N–H and O–H groups in total. The molecule has 3 heteroatoms. The van der Waals surface area contributed by atoms with Gasteiger partial charge in [-0.25, -0.2) is 0 Å². The minimum absolute atomic E-state index is 0.00704. The lowest BCUT2D eigenvalue weighted by atomic mass is 10.0. The minimum atomic E-state index is -1.43. The van der Waals surface area contributed by atoms with Crippen LogP contribution in [0.5, 0.6) is 5.75 Å². The van der Waals surface area contributed by atoms with E-state index in [2.05, 4.69) is 0 Å². The fraction of sp³-hybridized carbons (Fsp3) is 0.0769. The van der Waals surface area contributed by atoms with Crippen LogP contribution in [0.2, 0.25) is 0 Å². The average molecular weight is 230 g/mol. The van der Waals surface area contributed by atoms with E-state index in [0.29, 0.717) is 0 Å². The molecule has 80 valence electrons. The highest BCUT2D eigenvalue weighted by molar-refractivity contribution is 7.47. The van der Waals surface area contributed by atoms with Crippen LogP contribution in [-0.2, 0) is 0 Å². The summed E-state index contributed by atoms with van der Waals surface area (Å²) in [5, 5.41) is 0. The SMILES string of the molecule is OP1Oc2ccccc2C1c1ccccc1. The lowest BCUT2D eigenvalue weighted by molar-refractivity contribution is 0.498. The molecule has 0 spiro atoms. The molecule has 3 rings (SSSR count). The number of fused-ring (bicyclic) bond motifs is 1. The highest BCUT2D eigenvalue weighted by Gasteiger charge is 2.34. The quantitative estimate of drug-likeness (QED) is 0.760. The predicted octanol–water partition coefficient (Wildman–Crippen LogP) is 3.47. The zero-order chi connectivity index (χ0) is 11.0. The van der Waals surface area contributed by atoms with Gasteiger partial charge in [0.2, 0.25) is 8.38 Å². The monoisotopic (exact) mass is 230 g/mol. The molecule has 2 aromatic rings. The van der Waals surface area contributed by atoms with E-state index in [9.17, 15) is 4.89 Å². The molecule has 16 heavy (non-hydrogen) atoms. The Labute approximate surface area is 95.4 Å². The summed E-state index contributed by atoms with van der Waals surface area (Å²) in [6, 6.07) is 17.8. The van der Waals surface area contributed by atoms with Crippen LogP contribution in [0, 0.1) is 0 Å². The van der Waals surface area contributed by atoms with E-state index in [1.807, 2.05) is 54.6 Å². The highest BCUT2D eigenvalue weighted by Crippen LogP contribution is 2.60. The third-order valence-corrected chi connectivity index (χ3v) is 4.14. The maximum absolute atomic E-state index is 10.0. The van der Waals surface area contributed by atoms with Crippen LogP contribution >= 0.6 is 8.38 Å². The van der Waals surface area contributed by atoms with E-state index in [-0.39, 0.29) is 5.66 Å². The second-order valence-corrected chi connectivity index (χ2v) is 5.05. The zero-order valence-corrected chi connectivity index (χ0v) is 9.47. The van der Waals surface area contributed by atoms with E-state index in [1.54, 1.807) is 0 Å². The van der Waals surface area contributed by atoms with Gasteiger partial charge in [-0.3, -0.25) is 0 Å². The van der Waals surface area contributed by atoms with Crippen molar-refractivity contribution in [3.05, 3.63) is 65.7 Å². The molecule has 0 amide bonds. The van der Waals surface area contributed by atoms with Gasteiger partial charge in [0.25, 0.3) is 0 Å². The molecule has 0 aliphatic carbocycles. The summed E-state index contributed by atoms with van der Waals surface area (Å²) in [4.78, 5) is 10.0. The number of hydrogen-bond acceptors (Lipinski definition) is 2. The summed E-state index contributed by atoms with van der Waals surface area (Å²) in [5.41, 5.74) is 2.19. The van der Waals surface area contributed by atoms with E-state index in [0.717, 1.165) is 16.9 Å². The minimum Gasteiger partial charge on any atom is -0.446 e. The van der Waals surface area contributed by atoms with Gasteiger partial charge >= 0.3 is 0 Å². The summed E-state index contributed by atoms with van der Waals surface area (Å²) in [7, 11) is -1.43. The van der Waals surface area contributed by atoms with Crippen LogP contribution in [0.3, 0.4) is 0 Å². The van der Waals surface area contributed by atoms with Crippen LogP contribution in [0.4, 0.5) is 0 Å². The van der Waals surface area contributed by atoms with Crippen LogP contribution in [0.1, 0.15) is 16.8 Å². The Morgan fingerprint density at radius 2 is 1.62 bits per heavy atom. The van der Waals surface area contributed by atoms with Crippen molar-refractivity contribution < 1.29 is 9.42 Å². The third kappa shape index (κ3) is 1.51. The summed E-state index contributed by atoms with van der Waals surface area (Å²) < 4.78 is 5.49. The Morgan fingerprint density at radius 3 is 2.44 bits per heavy atom. The van der Waals surface area contributed by atoms with Gasteiger partial charge in [0.15, 0.2) is 0 Å². The van der Waals surface area contributed by atoms with Gasteiger partial charge in [0.05, 0.1) is 5.66 Å². The second kappa shape index (κ2) is 3.89. The van der Waals surface area contributed by atoms with Crippen molar-refractivity contribution in [2.75, 3.05) is 0 Å². The molecular weight excluding hydrogens is 219 g/mol. The van der Waals surface area contributed by atoms with Crippen LogP contribution in [0.25, 0.3) is 0 Å². The number of benzene rings is 2. The van der Waals surface area contributed by atoms with Crippen LogP contribution in [0.15, 0.2) is 54.6 Å². The van der Waals surface area contributed by atoms with Crippen molar-refractivity contribution in [2.45, 2.75) is 5.66 Å². The van der Waals surface area contributed by atoms with Gasteiger partial charge in [-0.1, -0.05) is 48.5 Å². The highest BCUT2D eigenvalue weighted by atomic mass is 31.2. The summed E-state index contributed by atoms with van der Waals surface area (Å²) in [5.74, 6) is 0.810. The predicted molar refractivity (Wildman–Crippen MR) is 64.5 cm³/mol. The van der Waals surface area contributed by atoms with E-state index in [1.165, 1.54) is 0 Å². The van der Waals surface area contributed by atoms with Gasteiger partial charge in [0.1, 0.15) is 5.75 Å². The molecular formula is C13H11O2P. The number of rotatable bonds is 1. The molecule has 2 unspecified atom stereocenters. The summed E-state index contributed by atoms with van der Waals surface area (Å²) in [6.45, 7) is 0. The standard InChI is InChI=1S/C13H11O2P/c14-16-13(10-6-2-1-3-7-10)11-8-4-5-9-12(11)15-16/h1-9,13-14H. The van der Waals surface area contributed by atoms with Crippen molar-refractivity contribution in [2.24, 2.45) is 0 Å². The van der Waals surface area contributed by atoms with Gasteiger partial charge in [0, 0.05) is 5.56 Å². The summed E-state index contributed by atoms with van der Waals surface area (Å²) >= 11 is 0.